The quantitative estimate of drug-likeness (QED) is 0.508. The molecule has 0 unspecified atom stereocenters. The maximum atomic E-state index is 12.9. The number of anilines is 1. The summed E-state index contributed by atoms with van der Waals surface area (Å²) < 4.78 is 38.3. The summed E-state index contributed by atoms with van der Waals surface area (Å²) >= 11 is 0. The molecule has 0 fully saturated rings. The lowest BCUT2D eigenvalue weighted by atomic mass is 10.3. The van der Waals surface area contributed by atoms with Gasteiger partial charge in [0, 0.05) is 18.8 Å². The fourth-order valence-electron chi connectivity index (χ4n) is 1.11. The van der Waals surface area contributed by atoms with E-state index < -0.39 is 15.8 Å². The number of hydrogen-bond acceptors (Lipinski definition) is 4. The van der Waals surface area contributed by atoms with Gasteiger partial charge in [0.1, 0.15) is 5.82 Å². The highest BCUT2D eigenvalue weighted by Crippen LogP contribution is 2.15. The molecule has 0 aliphatic rings. The summed E-state index contributed by atoms with van der Waals surface area (Å²) in [6.45, 7) is -0.0247. The Hall–Kier alpha value is -1.18. The van der Waals surface area contributed by atoms with Gasteiger partial charge in [0.25, 0.3) is 0 Å². The molecule has 7 heteroatoms. The van der Waals surface area contributed by atoms with Crippen LogP contribution in [-0.2, 0) is 10.0 Å². The van der Waals surface area contributed by atoms with Crippen LogP contribution in [0.1, 0.15) is 6.42 Å². The van der Waals surface area contributed by atoms with E-state index in [9.17, 15) is 12.8 Å². The minimum Gasteiger partial charge on any atom is -0.399 e. The number of aliphatic hydroxyl groups excluding tert-OH is 1. The largest absolute Gasteiger partial charge is 0.399 e. The number of nitrogen functional groups attached to an aromatic ring is 1. The van der Waals surface area contributed by atoms with Crippen LogP contribution < -0.4 is 10.5 Å². The number of halogens is 1. The van der Waals surface area contributed by atoms with Gasteiger partial charge in [-0.15, -0.1) is 0 Å². The summed E-state index contributed by atoms with van der Waals surface area (Å²) in [6, 6.07) is 3.09. The van der Waals surface area contributed by atoms with Gasteiger partial charge >= 0.3 is 0 Å². The van der Waals surface area contributed by atoms with E-state index in [0.29, 0.717) is 6.42 Å². The van der Waals surface area contributed by atoms with Crippen LogP contribution in [0, 0.1) is 5.82 Å². The highest BCUT2D eigenvalue weighted by atomic mass is 32.2. The van der Waals surface area contributed by atoms with Gasteiger partial charge < -0.3 is 10.8 Å². The Morgan fingerprint density at radius 2 is 2.06 bits per heavy atom. The first kappa shape index (κ1) is 12.9. The predicted octanol–water partition coefficient (Wildman–Crippen LogP) is 0.0686. The van der Waals surface area contributed by atoms with E-state index in [2.05, 4.69) is 4.72 Å². The Kier molecular flexibility index (Phi) is 4.22. The molecule has 0 aliphatic heterocycles. The fraction of sp³-hybridized carbons (Fsp3) is 0.333. The monoisotopic (exact) mass is 248 g/mol. The van der Waals surface area contributed by atoms with E-state index in [1.54, 1.807) is 0 Å². The van der Waals surface area contributed by atoms with E-state index in [4.69, 9.17) is 10.8 Å². The Labute approximate surface area is 93.1 Å². The Morgan fingerprint density at radius 1 is 1.38 bits per heavy atom. The van der Waals surface area contributed by atoms with Crippen LogP contribution in [0.15, 0.2) is 23.1 Å². The molecule has 5 nitrogen and oxygen atoms in total. The second-order valence-corrected chi connectivity index (χ2v) is 4.96. The van der Waals surface area contributed by atoms with Gasteiger partial charge in [-0.25, -0.2) is 17.5 Å². The Bertz CT molecular complexity index is 442. The molecule has 0 spiro atoms. The van der Waals surface area contributed by atoms with Gasteiger partial charge in [-0.05, 0) is 24.6 Å². The van der Waals surface area contributed by atoms with Crippen molar-refractivity contribution in [1.82, 2.24) is 4.72 Å². The first-order valence-corrected chi connectivity index (χ1v) is 6.10. The summed E-state index contributed by atoms with van der Waals surface area (Å²) in [5.41, 5.74) is 5.38. The molecule has 0 bridgehead atoms. The van der Waals surface area contributed by atoms with E-state index >= 15 is 0 Å². The third-order valence-corrected chi connectivity index (χ3v) is 3.27. The molecule has 90 valence electrons. The average Bonchev–Trinajstić information content (AvgIpc) is 2.16. The van der Waals surface area contributed by atoms with Gasteiger partial charge in [0.05, 0.1) is 4.90 Å². The molecule has 1 aromatic rings. The van der Waals surface area contributed by atoms with Crippen molar-refractivity contribution in [3.8, 4) is 0 Å². The molecule has 0 radical (unpaired) electrons. The lowest BCUT2D eigenvalue weighted by Crippen LogP contribution is -2.25. The zero-order valence-corrected chi connectivity index (χ0v) is 9.30. The van der Waals surface area contributed by atoms with Crippen LogP contribution in [0.3, 0.4) is 0 Å². The number of sulfonamides is 1. The molecule has 0 saturated heterocycles. The normalized spacial score (nSPS) is 11.6. The number of hydrogen-bond donors (Lipinski definition) is 3. The van der Waals surface area contributed by atoms with Gasteiger partial charge in [0.15, 0.2) is 0 Å². The van der Waals surface area contributed by atoms with Crippen molar-refractivity contribution in [2.24, 2.45) is 0 Å². The maximum absolute atomic E-state index is 12.9. The first-order valence-electron chi connectivity index (χ1n) is 4.62. The zero-order valence-electron chi connectivity index (χ0n) is 8.48. The van der Waals surface area contributed by atoms with Crippen LogP contribution in [0.25, 0.3) is 0 Å². The molecule has 1 rings (SSSR count). The van der Waals surface area contributed by atoms with Crippen molar-refractivity contribution in [2.45, 2.75) is 11.3 Å². The maximum Gasteiger partial charge on any atom is 0.240 e. The molecule has 4 N–H and O–H groups in total. The number of nitrogens with one attached hydrogen (secondary N) is 1. The van der Waals surface area contributed by atoms with Crippen molar-refractivity contribution < 1.29 is 17.9 Å². The molecular formula is C9H13FN2O3S. The predicted molar refractivity (Wildman–Crippen MR) is 57.7 cm³/mol. The number of benzene rings is 1. The Morgan fingerprint density at radius 3 is 2.62 bits per heavy atom. The second kappa shape index (κ2) is 5.24. The first-order chi connectivity index (χ1) is 7.45. The lowest BCUT2D eigenvalue weighted by molar-refractivity contribution is 0.289. The zero-order chi connectivity index (χ0) is 12.2. The molecule has 0 saturated carbocycles. The summed E-state index contributed by atoms with van der Waals surface area (Å²) in [5.74, 6) is -0.706. The van der Waals surface area contributed by atoms with Gasteiger partial charge in [0.2, 0.25) is 10.0 Å². The third kappa shape index (κ3) is 3.44. The van der Waals surface area contributed by atoms with Crippen LogP contribution in [0.4, 0.5) is 10.1 Å². The highest BCUT2D eigenvalue weighted by molar-refractivity contribution is 7.89. The summed E-state index contributed by atoms with van der Waals surface area (Å²) in [6.07, 6.45) is 0.296. The van der Waals surface area contributed by atoms with Gasteiger partial charge in [-0.1, -0.05) is 0 Å². The van der Waals surface area contributed by atoms with Gasteiger partial charge in [-0.2, -0.15) is 0 Å². The SMILES string of the molecule is Nc1cc(F)cc(S(=O)(=O)NCCCO)c1. The molecule has 0 amide bonds. The average molecular weight is 248 g/mol. The van der Waals surface area contributed by atoms with Crippen molar-refractivity contribution >= 4 is 15.7 Å². The van der Waals surface area contributed by atoms with E-state index in [0.717, 1.165) is 12.1 Å². The number of aliphatic hydroxyl groups is 1. The minimum absolute atomic E-state index is 0.0440. The lowest BCUT2D eigenvalue weighted by Gasteiger charge is -2.06. The van der Waals surface area contributed by atoms with Crippen molar-refractivity contribution in [3.63, 3.8) is 0 Å². The van der Waals surface area contributed by atoms with E-state index in [-0.39, 0.29) is 23.7 Å². The van der Waals surface area contributed by atoms with Crippen LogP contribution in [-0.4, -0.2) is 26.7 Å². The summed E-state index contributed by atoms with van der Waals surface area (Å²) in [7, 11) is -3.76. The summed E-state index contributed by atoms with van der Waals surface area (Å²) in [4.78, 5) is -0.220. The topological polar surface area (TPSA) is 92.4 Å². The van der Waals surface area contributed by atoms with Crippen LogP contribution in [0.5, 0.6) is 0 Å². The molecule has 16 heavy (non-hydrogen) atoms. The molecule has 0 aromatic heterocycles. The molecule has 0 aliphatic carbocycles. The number of rotatable bonds is 5. The fourth-order valence-corrected chi connectivity index (χ4v) is 2.25. The van der Waals surface area contributed by atoms with E-state index in [1.807, 2.05) is 0 Å². The van der Waals surface area contributed by atoms with Crippen molar-refractivity contribution in [1.29, 1.82) is 0 Å². The third-order valence-electron chi connectivity index (χ3n) is 1.83. The number of nitrogens with two attached hydrogens (primary N) is 1. The highest BCUT2D eigenvalue weighted by Gasteiger charge is 2.14. The Balaban J connectivity index is 2.89. The minimum atomic E-state index is -3.76. The summed E-state index contributed by atoms with van der Waals surface area (Å²) in [5, 5.41) is 8.51. The standard InChI is InChI=1S/C9H13FN2O3S/c10-7-4-8(11)6-9(5-7)16(14,15)12-2-1-3-13/h4-6,12-13H,1-3,11H2. The molecule has 1 aromatic carbocycles. The van der Waals surface area contributed by atoms with Crippen molar-refractivity contribution in [2.75, 3.05) is 18.9 Å². The van der Waals surface area contributed by atoms with Crippen LogP contribution in [0.2, 0.25) is 0 Å². The van der Waals surface area contributed by atoms with Gasteiger partial charge in [-0.3, -0.25) is 0 Å². The molecular weight excluding hydrogens is 235 g/mol. The second-order valence-electron chi connectivity index (χ2n) is 3.20. The smallest absolute Gasteiger partial charge is 0.240 e. The molecule has 0 atom stereocenters. The van der Waals surface area contributed by atoms with Crippen LogP contribution >= 0.6 is 0 Å². The molecule has 0 heterocycles. The van der Waals surface area contributed by atoms with Crippen molar-refractivity contribution in [3.05, 3.63) is 24.0 Å². The van der Waals surface area contributed by atoms with E-state index in [1.165, 1.54) is 6.07 Å².